The number of nitrogens with one attached hydrogen (secondary N) is 1. The minimum atomic E-state index is -0.405. The fourth-order valence-corrected chi connectivity index (χ4v) is 2.05. The second-order valence-electron chi connectivity index (χ2n) is 4.69. The lowest BCUT2D eigenvalue weighted by molar-refractivity contribution is -0.123. The predicted molar refractivity (Wildman–Crippen MR) is 69.9 cm³/mol. The third-order valence-corrected chi connectivity index (χ3v) is 3.09. The van der Waals surface area contributed by atoms with Crippen molar-refractivity contribution in [1.29, 1.82) is 0 Å². The third kappa shape index (κ3) is 4.47. The van der Waals surface area contributed by atoms with Gasteiger partial charge in [-0.3, -0.25) is 4.79 Å². The molecule has 6 heteroatoms. The van der Waals surface area contributed by atoms with Crippen molar-refractivity contribution in [3.63, 3.8) is 0 Å². The maximum atomic E-state index is 12.9. The fraction of sp³-hybridized carbons (Fsp3) is 0.500. The molecule has 1 heterocycles. The van der Waals surface area contributed by atoms with Gasteiger partial charge in [-0.25, -0.2) is 4.39 Å². The van der Waals surface area contributed by atoms with Gasteiger partial charge in [0.2, 0.25) is 0 Å². The Kier molecular flexibility index (Phi) is 5.31. The quantitative estimate of drug-likeness (QED) is 0.812. The van der Waals surface area contributed by atoms with E-state index in [2.05, 4.69) is 5.32 Å². The van der Waals surface area contributed by atoms with Gasteiger partial charge in [0, 0.05) is 12.6 Å². The number of benzene rings is 1. The standard InChI is InChI=1S/C14H18FNO4/c15-10-2-1-3-11(6-10)19-9-14(18)16-7-12-4-5-13(8-17)20-12/h1-3,6,12-13,17H,4-5,7-9H2,(H,16,18)/t12-,13+/m1/s1. The molecule has 2 atom stereocenters. The number of hydrogen-bond donors (Lipinski definition) is 2. The van der Waals surface area contributed by atoms with Gasteiger partial charge in [0.25, 0.3) is 5.91 Å². The van der Waals surface area contributed by atoms with E-state index in [1.165, 1.54) is 18.2 Å². The second kappa shape index (κ2) is 7.21. The summed E-state index contributed by atoms with van der Waals surface area (Å²) in [5.74, 6) is -0.375. The predicted octanol–water partition coefficient (Wildman–Crippen LogP) is 0.861. The van der Waals surface area contributed by atoms with E-state index in [1.54, 1.807) is 6.07 Å². The number of amides is 1. The maximum Gasteiger partial charge on any atom is 0.258 e. The zero-order valence-electron chi connectivity index (χ0n) is 11.0. The fourth-order valence-electron chi connectivity index (χ4n) is 2.05. The molecule has 20 heavy (non-hydrogen) atoms. The number of aliphatic hydroxyl groups excluding tert-OH is 1. The Morgan fingerprint density at radius 2 is 2.25 bits per heavy atom. The van der Waals surface area contributed by atoms with Crippen molar-refractivity contribution in [3.8, 4) is 5.75 Å². The van der Waals surface area contributed by atoms with Crippen molar-refractivity contribution in [2.24, 2.45) is 0 Å². The molecule has 0 bridgehead atoms. The zero-order valence-corrected chi connectivity index (χ0v) is 11.0. The monoisotopic (exact) mass is 283 g/mol. The Bertz CT molecular complexity index is 455. The highest BCUT2D eigenvalue weighted by molar-refractivity contribution is 5.77. The average molecular weight is 283 g/mol. The highest BCUT2D eigenvalue weighted by Gasteiger charge is 2.24. The Labute approximate surface area is 116 Å². The smallest absolute Gasteiger partial charge is 0.258 e. The van der Waals surface area contributed by atoms with Gasteiger partial charge in [-0.05, 0) is 25.0 Å². The molecule has 1 aliphatic heterocycles. The van der Waals surface area contributed by atoms with E-state index < -0.39 is 5.82 Å². The SMILES string of the molecule is O=C(COc1cccc(F)c1)NC[C@H]1CC[C@@H](CO)O1. The molecule has 2 N–H and O–H groups in total. The molecule has 1 aliphatic rings. The van der Waals surface area contributed by atoms with Crippen molar-refractivity contribution >= 4 is 5.91 Å². The molecule has 0 spiro atoms. The van der Waals surface area contributed by atoms with Crippen LogP contribution in [-0.2, 0) is 9.53 Å². The molecule has 0 radical (unpaired) electrons. The van der Waals surface area contributed by atoms with Crippen molar-refractivity contribution in [1.82, 2.24) is 5.32 Å². The molecule has 110 valence electrons. The van der Waals surface area contributed by atoms with E-state index in [-0.39, 0.29) is 31.3 Å². The molecular weight excluding hydrogens is 265 g/mol. The number of rotatable bonds is 6. The number of hydrogen-bond acceptors (Lipinski definition) is 4. The lowest BCUT2D eigenvalue weighted by Gasteiger charge is -2.13. The minimum absolute atomic E-state index is 0.00707. The van der Waals surface area contributed by atoms with Crippen LogP contribution < -0.4 is 10.1 Å². The molecule has 1 saturated heterocycles. The largest absolute Gasteiger partial charge is 0.484 e. The van der Waals surface area contributed by atoms with Crippen LogP contribution >= 0.6 is 0 Å². The Morgan fingerprint density at radius 3 is 2.95 bits per heavy atom. The molecule has 0 aromatic heterocycles. The van der Waals surface area contributed by atoms with Crippen molar-refractivity contribution in [2.75, 3.05) is 19.8 Å². The molecule has 1 fully saturated rings. The summed E-state index contributed by atoms with van der Waals surface area (Å²) in [5, 5.41) is 11.6. The Morgan fingerprint density at radius 1 is 1.45 bits per heavy atom. The van der Waals surface area contributed by atoms with Gasteiger partial charge < -0.3 is 19.9 Å². The first-order valence-electron chi connectivity index (χ1n) is 6.59. The van der Waals surface area contributed by atoms with Crippen molar-refractivity contribution < 1.29 is 23.8 Å². The Hall–Kier alpha value is -1.66. The van der Waals surface area contributed by atoms with Gasteiger partial charge in [-0.1, -0.05) is 6.07 Å². The lowest BCUT2D eigenvalue weighted by Crippen LogP contribution is -2.35. The van der Waals surface area contributed by atoms with E-state index in [1.807, 2.05) is 0 Å². The number of carbonyl (C=O) groups excluding carboxylic acids is 1. The first-order chi connectivity index (χ1) is 9.67. The van der Waals surface area contributed by atoms with E-state index in [4.69, 9.17) is 14.6 Å². The molecule has 0 aliphatic carbocycles. The summed E-state index contributed by atoms with van der Waals surface area (Å²) in [4.78, 5) is 11.6. The van der Waals surface area contributed by atoms with Crippen molar-refractivity contribution in [3.05, 3.63) is 30.1 Å². The number of halogens is 1. The van der Waals surface area contributed by atoms with E-state index in [0.29, 0.717) is 12.3 Å². The van der Waals surface area contributed by atoms with Crippen LogP contribution in [0.3, 0.4) is 0 Å². The zero-order chi connectivity index (χ0) is 14.4. The van der Waals surface area contributed by atoms with Gasteiger partial charge in [-0.2, -0.15) is 0 Å². The van der Waals surface area contributed by atoms with E-state index in [0.717, 1.165) is 12.8 Å². The molecule has 1 amide bonds. The van der Waals surface area contributed by atoms with Crippen LogP contribution in [-0.4, -0.2) is 43.0 Å². The average Bonchev–Trinajstić information content (AvgIpc) is 2.91. The normalized spacial score (nSPS) is 21.7. The van der Waals surface area contributed by atoms with Crippen LogP contribution in [0, 0.1) is 5.82 Å². The van der Waals surface area contributed by atoms with Crippen LogP contribution in [0.1, 0.15) is 12.8 Å². The molecule has 2 rings (SSSR count). The summed E-state index contributed by atoms with van der Waals surface area (Å²) >= 11 is 0. The number of carbonyl (C=O) groups is 1. The van der Waals surface area contributed by atoms with Crippen LogP contribution in [0.25, 0.3) is 0 Å². The highest BCUT2D eigenvalue weighted by Crippen LogP contribution is 2.18. The van der Waals surface area contributed by atoms with Crippen LogP contribution in [0.4, 0.5) is 4.39 Å². The summed E-state index contributed by atoms with van der Waals surface area (Å²) in [6, 6.07) is 5.63. The topological polar surface area (TPSA) is 67.8 Å². The summed E-state index contributed by atoms with van der Waals surface area (Å²) in [6.07, 6.45) is 1.43. The van der Waals surface area contributed by atoms with Crippen molar-refractivity contribution in [2.45, 2.75) is 25.0 Å². The maximum absolute atomic E-state index is 12.9. The number of ether oxygens (including phenoxy) is 2. The lowest BCUT2D eigenvalue weighted by atomic mass is 10.2. The van der Waals surface area contributed by atoms with E-state index in [9.17, 15) is 9.18 Å². The third-order valence-electron chi connectivity index (χ3n) is 3.09. The van der Waals surface area contributed by atoms with Gasteiger partial charge >= 0.3 is 0 Å². The summed E-state index contributed by atoms with van der Waals surface area (Å²) < 4.78 is 23.6. The molecule has 1 aromatic carbocycles. The first-order valence-corrected chi connectivity index (χ1v) is 6.59. The first kappa shape index (κ1) is 14.7. The summed E-state index contributed by atoms with van der Waals surface area (Å²) in [5.41, 5.74) is 0. The van der Waals surface area contributed by atoms with Crippen LogP contribution in [0.2, 0.25) is 0 Å². The Balaban J connectivity index is 1.66. The minimum Gasteiger partial charge on any atom is -0.484 e. The summed E-state index contributed by atoms with van der Waals surface area (Å²) in [7, 11) is 0. The van der Waals surface area contributed by atoms with Crippen LogP contribution in [0.5, 0.6) is 5.75 Å². The molecular formula is C14H18FNO4. The molecule has 0 saturated carbocycles. The van der Waals surface area contributed by atoms with E-state index >= 15 is 0 Å². The van der Waals surface area contributed by atoms with Crippen LogP contribution in [0.15, 0.2) is 24.3 Å². The molecule has 0 unspecified atom stereocenters. The van der Waals surface area contributed by atoms with Gasteiger partial charge in [0.1, 0.15) is 11.6 Å². The van der Waals surface area contributed by atoms with Gasteiger partial charge in [0.05, 0.1) is 18.8 Å². The highest BCUT2D eigenvalue weighted by atomic mass is 19.1. The summed E-state index contributed by atoms with van der Waals surface area (Å²) in [6.45, 7) is 0.231. The van der Waals surface area contributed by atoms with Gasteiger partial charge in [0.15, 0.2) is 6.61 Å². The second-order valence-corrected chi connectivity index (χ2v) is 4.69. The number of aliphatic hydroxyl groups is 1. The molecule has 5 nitrogen and oxygen atoms in total. The van der Waals surface area contributed by atoms with Gasteiger partial charge in [-0.15, -0.1) is 0 Å². The molecule has 1 aromatic rings.